The zero-order chi connectivity index (χ0) is 50.5. The van der Waals surface area contributed by atoms with E-state index >= 15 is 0 Å². The molecule has 3 heterocycles. The molecule has 8 aromatic rings. The monoisotopic (exact) mass is 1010 g/mol. The summed E-state index contributed by atoms with van der Waals surface area (Å²) in [5, 5.41) is 61.0. The molecular formula is C46H31N13O9S3. The quantitative estimate of drug-likeness (QED) is 0.0411. The van der Waals surface area contributed by atoms with Gasteiger partial charge in [0.15, 0.2) is 22.5 Å². The van der Waals surface area contributed by atoms with Crippen LogP contribution in [0.15, 0.2) is 164 Å². The summed E-state index contributed by atoms with van der Waals surface area (Å²) in [6, 6.07) is 35.1. The molecule has 0 unspecified atom stereocenters. The summed E-state index contributed by atoms with van der Waals surface area (Å²) in [5.41, 5.74) is 2.64. The van der Waals surface area contributed by atoms with E-state index in [2.05, 4.69) is 52.6 Å². The fraction of sp³-hybridized carbons (Fsp3) is 0.0217. The number of carbonyl (C=O) groups excluding carboxylic acids is 1. The molecule has 5 aromatic carbocycles. The maximum Gasteiger partial charge on any atom is 0.335 e. The van der Waals surface area contributed by atoms with Crippen molar-refractivity contribution in [2.45, 2.75) is 16.7 Å². The minimum absolute atomic E-state index is 0.000991. The third kappa shape index (κ3) is 11.0. The van der Waals surface area contributed by atoms with Gasteiger partial charge in [-0.15, -0.1) is 20.5 Å². The number of pyridine rings is 1. The highest BCUT2D eigenvalue weighted by atomic mass is 32.2. The number of thiazole rings is 1. The maximum absolute atomic E-state index is 12.9. The molecule has 8 rings (SSSR count). The van der Waals surface area contributed by atoms with E-state index in [0.29, 0.717) is 16.8 Å². The van der Waals surface area contributed by atoms with Gasteiger partial charge in [0, 0.05) is 33.8 Å². The number of nitriles is 2. The third-order valence-electron chi connectivity index (χ3n) is 10.1. The van der Waals surface area contributed by atoms with Crippen LogP contribution in [-0.2, 0) is 20.2 Å². The highest BCUT2D eigenvalue weighted by Gasteiger charge is 2.22. The van der Waals surface area contributed by atoms with Crippen molar-refractivity contribution in [1.82, 2.24) is 19.7 Å². The first-order chi connectivity index (χ1) is 34.0. The van der Waals surface area contributed by atoms with Crippen LogP contribution >= 0.6 is 11.3 Å². The number of nitrogens with one attached hydrogen (secondary N) is 3. The van der Waals surface area contributed by atoms with E-state index in [0.717, 1.165) is 35.6 Å². The first kappa shape index (κ1) is 48.1. The number of azo groups is 2. The third-order valence-corrected chi connectivity index (χ3v) is 12.6. The standard InChI is InChI=1S/C46H31N13O9S3/c1-26-37(24-48)40(50-31-14-18-35(19-15-31)70(63,64)65)54-41(51-32-16-20-36(21-17-32)71(66,67)68)38(26)55-58-46-53-39(27-10-12-33(13-11-27)52-43(60)28-6-3-2-4-7-28)44(69-46)57-56-42-30(23-47)25-49-59(42)34-9-5-8-29(22-34)45(61)62/h2-22,25H,1H3,(H,52,60)(H,61,62)(H2,50,51,54)(H,63,64,65)(H,66,67,68)/b57-56-,58-55?. The van der Waals surface area contributed by atoms with Gasteiger partial charge in [-0.1, -0.05) is 47.7 Å². The van der Waals surface area contributed by atoms with Crippen LogP contribution in [-0.4, -0.2) is 62.7 Å². The Morgan fingerprint density at radius 2 is 1.30 bits per heavy atom. The lowest BCUT2D eigenvalue weighted by Gasteiger charge is -2.16. The molecule has 0 radical (unpaired) electrons. The molecule has 22 nitrogen and oxygen atoms in total. The van der Waals surface area contributed by atoms with Crippen molar-refractivity contribution in [2.24, 2.45) is 20.5 Å². The van der Waals surface area contributed by atoms with Gasteiger partial charge in [-0.25, -0.2) is 19.4 Å². The Kier molecular flexibility index (Phi) is 13.6. The number of aromatic nitrogens is 4. The summed E-state index contributed by atoms with van der Waals surface area (Å²) in [6.45, 7) is 1.56. The van der Waals surface area contributed by atoms with Crippen molar-refractivity contribution >= 4 is 93.8 Å². The van der Waals surface area contributed by atoms with Gasteiger partial charge in [-0.2, -0.15) is 32.5 Å². The summed E-state index contributed by atoms with van der Waals surface area (Å²) in [7, 11) is -9.05. The Labute approximate surface area is 406 Å². The molecule has 0 aliphatic heterocycles. The number of carboxylic acid groups (broad SMARTS) is 1. The zero-order valence-electron chi connectivity index (χ0n) is 36.2. The number of hydrogen-bond donors (Lipinski definition) is 6. The van der Waals surface area contributed by atoms with Gasteiger partial charge >= 0.3 is 5.97 Å². The van der Waals surface area contributed by atoms with Crippen molar-refractivity contribution in [3.63, 3.8) is 0 Å². The van der Waals surface area contributed by atoms with Gasteiger partial charge in [0.1, 0.15) is 29.1 Å². The van der Waals surface area contributed by atoms with E-state index in [1.807, 2.05) is 6.07 Å². The Morgan fingerprint density at radius 1 is 0.690 bits per heavy atom. The van der Waals surface area contributed by atoms with Gasteiger partial charge in [0.2, 0.25) is 5.13 Å². The Balaban J connectivity index is 1.21. The van der Waals surface area contributed by atoms with Gasteiger partial charge in [0.25, 0.3) is 26.1 Å². The summed E-state index contributed by atoms with van der Waals surface area (Å²) in [5.74, 6) is -1.60. The first-order valence-corrected chi connectivity index (χ1v) is 24.0. The molecule has 0 saturated heterocycles. The smallest absolute Gasteiger partial charge is 0.335 e. The van der Waals surface area contributed by atoms with E-state index in [1.54, 1.807) is 67.6 Å². The Hall–Kier alpha value is -9.37. The molecular weight excluding hydrogens is 975 g/mol. The average molecular weight is 1010 g/mol. The number of hydrogen-bond acceptors (Lipinski definition) is 18. The van der Waals surface area contributed by atoms with Crippen LogP contribution in [0, 0.1) is 29.6 Å². The molecule has 25 heteroatoms. The number of nitrogens with zero attached hydrogens (tertiary/aromatic N) is 10. The highest BCUT2D eigenvalue weighted by Crippen LogP contribution is 2.43. The maximum atomic E-state index is 12.9. The van der Waals surface area contributed by atoms with Crippen molar-refractivity contribution in [3.8, 4) is 29.1 Å². The molecule has 352 valence electrons. The van der Waals surface area contributed by atoms with Gasteiger partial charge in [-0.3, -0.25) is 13.9 Å². The van der Waals surface area contributed by atoms with Gasteiger partial charge in [0.05, 0.1) is 32.8 Å². The van der Waals surface area contributed by atoms with E-state index in [-0.39, 0.29) is 94.0 Å². The minimum atomic E-state index is -4.54. The van der Waals surface area contributed by atoms with Crippen LogP contribution in [0.5, 0.6) is 0 Å². The number of anilines is 5. The first-order valence-electron chi connectivity index (χ1n) is 20.3. The van der Waals surface area contributed by atoms with Crippen LogP contribution in [0.25, 0.3) is 16.9 Å². The largest absolute Gasteiger partial charge is 0.478 e. The molecule has 71 heavy (non-hydrogen) atoms. The number of benzene rings is 5. The van der Waals surface area contributed by atoms with Gasteiger partial charge in [-0.05, 0) is 97.9 Å². The fourth-order valence-corrected chi connectivity index (χ4v) is 8.28. The van der Waals surface area contributed by atoms with Crippen LogP contribution in [0.1, 0.15) is 37.4 Å². The van der Waals surface area contributed by atoms with Crippen molar-refractivity contribution in [3.05, 3.63) is 161 Å². The fourth-order valence-electron chi connectivity index (χ4n) is 6.59. The number of carbonyl (C=O) groups is 2. The predicted molar refractivity (Wildman–Crippen MR) is 258 cm³/mol. The van der Waals surface area contributed by atoms with Crippen molar-refractivity contribution in [1.29, 1.82) is 10.5 Å². The van der Waals surface area contributed by atoms with E-state index in [4.69, 9.17) is 4.98 Å². The number of carboxylic acids is 1. The minimum Gasteiger partial charge on any atom is -0.478 e. The zero-order valence-corrected chi connectivity index (χ0v) is 38.6. The summed E-state index contributed by atoms with van der Waals surface area (Å²) < 4.78 is 67.1. The predicted octanol–water partition coefficient (Wildman–Crippen LogP) is 10.2. The average Bonchev–Trinajstić information content (AvgIpc) is 3.97. The molecule has 1 amide bonds. The van der Waals surface area contributed by atoms with Gasteiger partial charge < -0.3 is 21.1 Å². The molecule has 0 aliphatic carbocycles. The number of rotatable bonds is 15. The topological polar surface area (TPSA) is 340 Å². The SMILES string of the molecule is Cc1c(C#N)c(Nc2ccc(S(=O)(=O)O)cc2)nc(Nc2ccc(S(=O)(=O)O)cc2)c1N=Nc1nc(-c2ccc(NC(=O)c3ccccc3)cc2)c(/N=N\c2c(C#N)cnn2-c2cccc(C(=O)O)c2)s1. The van der Waals surface area contributed by atoms with Crippen molar-refractivity contribution in [2.75, 3.05) is 16.0 Å². The lowest BCUT2D eigenvalue weighted by Crippen LogP contribution is -2.11. The Bertz CT molecular complexity index is 3760. The Morgan fingerprint density at radius 3 is 1.89 bits per heavy atom. The van der Waals surface area contributed by atoms with E-state index < -0.39 is 26.2 Å². The normalized spacial score (nSPS) is 11.6. The second kappa shape index (κ2) is 20.1. The second-order valence-corrected chi connectivity index (χ2v) is 18.5. The molecule has 6 N–H and O–H groups in total. The summed E-state index contributed by atoms with van der Waals surface area (Å²) >= 11 is 0.915. The molecule has 3 aromatic heterocycles. The van der Waals surface area contributed by atoms with E-state index in [1.165, 1.54) is 53.3 Å². The summed E-state index contributed by atoms with van der Waals surface area (Å²) in [6.07, 6.45) is 1.25. The van der Waals surface area contributed by atoms with Crippen LogP contribution in [0.4, 0.5) is 50.3 Å². The summed E-state index contributed by atoms with van der Waals surface area (Å²) in [4.78, 5) is 33.2. The van der Waals surface area contributed by atoms with Crippen LogP contribution < -0.4 is 16.0 Å². The lowest BCUT2D eigenvalue weighted by molar-refractivity contribution is 0.0696. The van der Waals surface area contributed by atoms with E-state index in [9.17, 15) is 51.2 Å². The second-order valence-electron chi connectivity index (χ2n) is 14.7. The highest BCUT2D eigenvalue weighted by molar-refractivity contribution is 7.86. The molecule has 0 aliphatic rings. The number of aromatic carboxylic acids is 1. The molecule has 0 atom stereocenters. The number of amides is 1. The molecule has 0 bridgehead atoms. The molecule has 0 saturated carbocycles. The van der Waals surface area contributed by atoms with Crippen LogP contribution in [0.2, 0.25) is 0 Å². The lowest BCUT2D eigenvalue weighted by atomic mass is 10.1. The van der Waals surface area contributed by atoms with Crippen LogP contribution in [0.3, 0.4) is 0 Å². The van der Waals surface area contributed by atoms with Crippen molar-refractivity contribution < 1.29 is 40.6 Å². The molecule has 0 spiro atoms. The molecule has 0 fully saturated rings.